The summed E-state index contributed by atoms with van der Waals surface area (Å²) in [5.74, 6) is 0. The van der Waals surface area contributed by atoms with Crippen LogP contribution in [0.2, 0.25) is 0 Å². The summed E-state index contributed by atoms with van der Waals surface area (Å²) in [6.07, 6.45) is 0. The molecular formula is C99H64N2O. The van der Waals surface area contributed by atoms with Crippen LogP contribution in [0.4, 0.5) is 34.1 Å². The average molecular weight is 1300 g/mol. The first-order valence-electron chi connectivity index (χ1n) is 35.5. The molecule has 16 aromatic carbocycles. The molecule has 0 atom stereocenters. The molecule has 17 aromatic rings. The van der Waals surface area contributed by atoms with E-state index in [1.54, 1.807) is 0 Å². The highest BCUT2D eigenvalue weighted by molar-refractivity contribution is 6.13. The van der Waals surface area contributed by atoms with E-state index in [4.69, 9.17) is 4.42 Å². The molecule has 1 aromatic heterocycles. The summed E-state index contributed by atoms with van der Waals surface area (Å²) in [6, 6.07) is 137. The lowest BCUT2D eigenvalue weighted by molar-refractivity contribution is 0.671. The zero-order valence-electron chi connectivity index (χ0n) is 56.0. The maximum absolute atomic E-state index is 7.30. The molecule has 0 saturated carbocycles. The van der Waals surface area contributed by atoms with Crippen LogP contribution in [0, 0.1) is 6.92 Å². The second kappa shape index (κ2) is 22.5. The number of aryl methyl sites for hydroxylation is 1. The third kappa shape index (κ3) is 8.25. The van der Waals surface area contributed by atoms with Gasteiger partial charge in [-0.15, -0.1) is 0 Å². The Balaban J connectivity index is 0.676. The summed E-state index contributed by atoms with van der Waals surface area (Å²) >= 11 is 0. The molecule has 3 nitrogen and oxygen atoms in total. The van der Waals surface area contributed by atoms with Gasteiger partial charge in [-0.05, 0) is 179 Å². The second-order valence-corrected chi connectivity index (χ2v) is 27.7. The first kappa shape index (κ1) is 57.9. The molecule has 0 aliphatic heterocycles. The summed E-state index contributed by atoms with van der Waals surface area (Å²) in [6.45, 7) is 2.22. The van der Waals surface area contributed by atoms with E-state index in [2.05, 4.69) is 387 Å². The molecule has 0 saturated heterocycles. The molecule has 0 fully saturated rings. The maximum atomic E-state index is 7.30. The highest BCUT2D eigenvalue weighted by atomic mass is 16.3. The van der Waals surface area contributed by atoms with Crippen LogP contribution < -0.4 is 9.80 Å². The highest BCUT2D eigenvalue weighted by Crippen LogP contribution is 2.67. The van der Waals surface area contributed by atoms with Gasteiger partial charge in [0.15, 0.2) is 0 Å². The van der Waals surface area contributed by atoms with Gasteiger partial charge in [-0.25, -0.2) is 0 Å². The minimum Gasteiger partial charge on any atom is -0.455 e. The first-order chi connectivity index (χ1) is 50.5. The molecule has 0 radical (unpaired) electrons. The normalized spacial score (nSPS) is 13.3. The first-order valence-corrected chi connectivity index (χ1v) is 35.5. The second-order valence-electron chi connectivity index (χ2n) is 27.7. The number of para-hydroxylation sites is 2. The lowest BCUT2D eigenvalue weighted by Crippen LogP contribution is -2.26. The summed E-state index contributed by atoms with van der Waals surface area (Å²) in [5, 5.41) is 2.16. The van der Waals surface area contributed by atoms with Gasteiger partial charge in [-0.1, -0.05) is 315 Å². The molecule has 0 amide bonds. The summed E-state index contributed by atoms with van der Waals surface area (Å²) in [4.78, 5) is 4.95. The fourth-order valence-electron chi connectivity index (χ4n) is 18.4. The van der Waals surface area contributed by atoms with E-state index in [-0.39, 0.29) is 0 Å². The van der Waals surface area contributed by atoms with Crippen molar-refractivity contribution in [2.24, 2.45) is 0 Å². The maximum Gasteiger partial charge on any atom is 0.143 e. The van der Waals surface area contributed by atoms with Crippen LogP contribution in [0.1, 0.15) is 50.1 Å². The van der Waals surface area contributed by atoms with Crippen molar-refractivity contribution in [3.05, 3.63) is 420 Å². The van der Waals surface area contributed by atoms with Crippen molar-refractivity contribution in [3.8, 4) is 89.0 Å². The summed E-state index contributed by atoms with van der Waals surface area (Å²) in [5.41, 5.74) is 38.2. The largest absolute Gasteiger partial charge is 0.455 e. The Morgan fingerprint density at radius 1 is 0.216 bits per heavy atom. The smallest absolute Gasteiger partial charge is 0.143 e. The van der Waals surface area contributed by atoms with Crippen molar-refractivity contribution < 1.29 is 4.42 Å². The van der Waals surface area contributed by atoms with Crippen LogP contribution >= 0.6 is 0 Å². The third-order valence-electron chi connectivity index (χ3n) is 22.6. The molecule has 3 heteroatoms. The van der Waals surface area contributed by atoms with Gasteiger partial charge in [-0.3, -0.25) is 0 Å². The molecular weight excluding hydrogens is 1230 g/mol. The quantitative estimate of drug-likeness (QED) is 0.136. The van der Waals surface area contributed by atoms with Crippen molar-refractivity contribution in [2.75, 3.05) is 9.80 Å². The van der Waals surface area contributed by atoms with Crippen molar-refractivity contribution in [3.63, 3.8) is 0 Å². The van der Waals surface area contributed by atoms with Gasteiger partial charge < -0.3 is 14.2 Å². The lowest BCUT2D eigenvalue weighted by atomic mass is 9.70. The zero-order valence-corrected chi connectivity index (χ0v) is 56.0. The molecule has 21 rings (SSSR count). The lowest BCUT2D eigenvalue weighted by Gasteiger charge is -2.32. The van der Waals surface area contributed by atoms with Gasteiger partial charge in [0.1, 0.15) is 11.2 Å². The van der Waals surface area contributed by atoms with Crippen LogP contribution in [0.15, 0.2) is 374 Å². The van der Waals surface area contributed by atoms with E-state index in [1.807, 2.05) is 0 Å². The molecule has 0 unspecified atom stereocenters. The van der Waals surface area contributed by atoms with Gasteiger partial charge >= 0.3 is 0 Å². The van der Waals surface area contributed by atoms with E-state index in [1.165, 1.54) is 117 Å². The summed E-state index contributed by atoms with van der Waals surface area (Å²) in [7, 11) is 0. The number of nitrogens with zero attached hydrogens (tertiary/aromatic N) is 2. The topological polar surface area (TPSA) is 19.6 Å². The minimum absolute atomic E-state index is 0.479. The van der Waals surface area contributed by atoms with E-state index in [9.17, 15) is 0 Å². The molecule has 476 valence electrons. The van der Waals surface area contributed by atoms with Gasteiger partial charge in [0.2, 0.25) is 0 Å². The van der Waals surface area contributed by atoms with E-state index in [0.717, 1.165) is 78.3 Å². The van der Waals surface area contributed by atoms with Gasteiger partial charge in [0.25, 0.3) is 0 Å². The number of furan rings is 1. The Morgan fingerprint density at radius 2 is 0.510 bits per heavy atom. The summed E-state index contributed by atoms with van der Waals surface area (Å²) < 4.78 is 7.30. The van der Waals surface area contributed by atoms with Gasteiger partial charge in [-0.2, -0.15) is 0 Å². The number of anilines is 6. The predicted octanol–water partition coefficient (Wildman–Crippen LogP) is 26.2. The minimum atomic E-state index is -0.486. The van der Waals surface area contributed by atoms with E-state index in [0.29, 0.717) is 0 Å². The third-order valence-corrected chi connectivity index (χ3v) is 22.6. The molecule has 1 heterocycles. The number of hydrogen-bond donors (Lipinski definition) is 0. The van der Waals surface area contributed by atoms with Crippen LogP contribution in [0.3, 0.4) is 0 Å². The van der Waals surface area contributed by atoms with Crippen LogP contribution in [0.25, 0.3) is 111 Å². The van der Waals surface area contributed by atoms with E-state index < -0.39 is 10.8 Å². The number of benzene rings is 16. The van der Waals surface area contributed by atoms with Gasteiger partial charge in [0, 0.05) is 55.8 Å². The van der Waals surface area contributed by atoms with Crippen molar-refractivity contribution >= 4 is 56.1 Å². The number of hydrogen-bond acceptors (Lipinski definition) is 3. The SMILES string of the molecule is Cc1ccc2c(c1)-c1c(N(c3ccc(-c4ccccc4)cc3)c3ccc(-c4cccc5c4oc4c(-c6ccc(N(c7ccc(-c8ccccc8)cc7)c7cccc8c7-c7ccccc7C87c8ccccc8-c8ccccc87)cc6)cccc45)cc3)cccc1C21c2ccccc2-c2ccccc21. The van der Waals surface area contributed by atoms with Crippen molar-refractivity contribution in [1.82, 2.24) is 0 Å². The van der Waals surface area contributed by atoms with Crippen molar-refractivity contribution in [1.29, 1.82) is 0 Å². The van der Waals surface area contributed by atoms with E-state index >= 15 is 0 Å². The number of fused-ring (bicyclic) bond motifs is 23. The Morgan fingerprint density at radius 3 is 0.912 bits per heavy atom. The average Bonchev–Trinajstić information content (AvgIpc) is 1.51. The molecule has 0 N–H and O–H groups in total. The Hall–Kier alpha value is -13.1. The molecule has 0 bridgehead atoms. The van der Waals surface area contributed by atoms with Crippen molar-refractivity contribution in [2.45, 2.75) is 17.8 Å². The fourth-order valence-corrected chi connectivity index (χ4v) is 18.4. The Kier molecular flexibility index (Phi) is 12.8. The molecule has 2 spiro atoms. The van der Waals surface area contributed by atoms with Crippen LogP contribution in [-0.4, -0.2) is 0 Å². The Bertz CT molecular complexity index is 6150. The zero-order chi connectivity index (χ0) is 67.2. The predicted molar refractivity (Wildman–Crippen MR) is 422 cm³/mol. The van der Waals surface area contributed by atoms with Gasteiger partial charge in [0.05, 0.1) is 22.2 Å². The molecule has 4 aliphatic rings. The molecule has 102 heavy (non-hydrogen) atoms. The molecule has 4 aliphatic carbocycles. The standard InChI is InChI=1S/C99H64N2O/c1-63-44-61-89-83(62-63)95-91(99(89)86-37-15-10-28-78(86)79-29-11-16-38-87(79)99)41-21-43-93(95)101(71-55-47-67(48-56-71)65-24-6-3-7-25-65)73-59-51-69(52-60-73)75-32-19-34-81-80-33-18-31-74(96(80)102-97(75)81)68-49-57-72(58-50-68)100(70-53-45-66(46-54-70)64-22-4-2-5-23-64)92-42-20-40-90-94(92)82-30-12-17-39-88(82)98(90)84-35-13-8-26-76(84)77-27-9-14-36-85(77)98/h2-62H,1H3. The van der Waals surface area contributed by atoms with Crippen LogP contribution in [0.5, 0.6) is 0 Å². The monoisotopic (exact) mass is 1300 g/mol. The number of rotatable bonds is 10. The Labute approximate surface area is 593 Å². The fraction of sp³-hybridized carbons (Fsp3) is 0.0303. The highest BCUT2D eigenvalue weighted by Gasteiger charge is 2.54. The van der Waals surface area contributed by atoms with Crippen LogP contribution in [-0.2, 0) is 10.8 Å².